The maximum absolute atomic E-state index is 11.2. The van der Waals surface area contributed by atoms with E-state index < -0.39 is 12.0 Å². The average Bonchev–Trinajstić information content (AvgIpc) is 2.72. The summed E-state index contributed by atoms with van der Waals surface area (Å²) in [6.07, 6.45) is 0. The van der Waals surface area contributed by atoms with Crippen LogP contribution in [0.4, 0.5) is 4.79 Å². The highest BCUT2D eigenvalue weighted by molar-refractivity contribution is 6.29. The van der Waals surface area contributed by atoms with Gasteiger partial charge in [0.1, 0.15) is 5.76 Å². The van der Waals surface area contributed by atoms with Gasteiger partial charge < -0.3 is 20.2 Å². The average molecular weight is 259 g/mol. The van der Waals surface area contributed by atoms with Crippen LogP contribution < -0.4 is 10.6 Å². The Labute approximate surface area is 102 Å². The molecule has 0 fully saturated rings. The summed E-state index contributed by atoms with van der Waals surface area (Å²) in [7, 11) is 0. The first kappa shape index (κ1) is 13.1. The first-order valence-electron chi connectivity index (χ1n) is 4.66. The number of carbonyl (C=O) groups excluding carboxylic acids is 1. The minimum atomic E-state index is -1.15. The molecule has 0 aliphatic rings. The van der Waals surface area contributed by atoms with Crippen LogP contribution >= 0.6 is 11.6 Å². The highest BCUT2D eigenvalue weighted by Gasteiger charge is 2.09. The largest absolute Gasteiger partial charge is 0.475 e. The van der Waals surface area contributed by atoms with E-state index in [9.17, 15) is 9.59 Å². The molecule has 1 heterocycles. The number of carbonyl (C=O) groups is 2. The minimum Gasteiger partial charge on any atom is -0.475 e. The molecule has 0 bridgehead atoms. The van der Waals surface area contributed by atoms with E-state index in [4.69, 9.17) is 21.1 Å². The summed E-state index contributed by atoms with van der Waals surface area (Å²) >= 11 is 5.46. The first-order chi connectivity index (χ1) is 7.99. The van der Waals surface area contributed by atoms with Crippen LogP contribution in [0.1, 0.15) is 16.3 Å². The normalized spacial score (nSPS) is 9.71. The molecule has 7 heteroatoms. The first-order valence-corrected chi connectivity index (χ1v) is 5.04. The number of hydrogen-bond donors (Lipinski definition) is 3. The fourth-order valence-corrected chi connectivity index (χ4v) is 1.06. The Balaban J connectivity index is 2.36. The summed E-state index contributed by atoms with van der Waals surface area (Å²) in [6, 6.07) is 2.35. The molecule has 0 saturated carbocycles. The Morgan fingerprint density at radius 2 is 2.12 bits per heavy atom. The van der Waals surface area contributed by atoms with E-state index in [1.54, 1.807) is 0 Å². The number of carboxylic acid groups (broad SMARTS) is 1. The Bertz CT molecular complexity index is 441. The molecule has 17 heavy (non-hydrogen) atoms. The fourth-order valence-electron chi connectivity index (χ4n) is 0.994. The summed E-state index contributed by atoms with van der Waals surface area (Å²) in [6.45, 7) is 3.66. The predicted molar refractivity (Wildman–Crippen MR) is 60.9 cm³/mol. The molecule has 92 valence electrons. The van der Waals surface area contributed by atoms with Crippen molar-refractivity contribution in [2.75, 3.05) is 6.54 Å². The van der Waals surface area contributed by atoms with Crippen molar-refractivity contribution in [1.82, 2.24) is 10.6 Å². The van der Waals surface area contributed by atoms with Gasteiger partial charge in [0.25, 0.3) is 0 Å². The van der Waals surface area contributed by atoms with Crippen molar-refractivity contribution in [3.05, 3.63) is 35.3 Å². The summed E-state index contributed by atoms with van der Waals surface area (Å²) in [5.74, 6) is -0.974. The molecule has 0 saturated heterocycles. The van der Waals surface area contributed by atoms with E-state index in [0.717, 1.165) is 0 Å². The SMILES string of the molecule is C=C(Cl)CNC(=O)NCc1ccc(C(=O)O)o1. The van der Waals surface area contributed by atoms with Crippen LogP contribution in [0.2, 0.25) is 0 Å². The highest BCUT2D eigenvalue weighted by atomic mass is 35.5. The molecule has 1 rings (SSSR count). The van der Waals surface area contributed by atoms with Crippen LogP contribution in [0.5, 0.6) is 0 Å². The van der Waals surface area contributed by atoms with Crippen LogP contribution in [0.15, 0.2) is 28.2 Å². The van der Waals surface area contributed by atoms with Gasteiger partial charge in [-0.1, -0.05) is 18.2 Å². The summed E-state index contributed by atoms with van der Waals surface area (Å²) in [4.78, 5) is 21.7. The van der Waals surface area contributed by atoms with Crippen molar-refractivity contribution in [3.63, 3.8) is 0 Å². The Morgan fingerprint density at radius 1 is 1.41 bits per heavy atom. The molecule has 0 atom stereocenters. The molecular weight excluding hydrogens is 248 g/mol. The Kier molecular flexibility index (Phi) is 4.59. The van der Waals surface area contributed by atoms with Crippen molar-refractivity contribution in [1.29, 1.82) is 0 Å². The number of amides is 2. The van der Waals surface area contributed by atoms with Crippen molar-refractivity contribution < 1.29 is 19.1 Å². The summed E-state index contributed by atoms with van der Waals surface area (Å²) in [5.41, 5.74) is 0. The van der Waals surface area contributed by atoms with E-state index in [-0.39, 0.29) is 18.8 Å². The zero-order valence-electron chi connectivity index (χ0n) is 8.83. The molecular formula is C10H11ClN2O4. The smallest absolute Gasteiger partial charge is 0.371 e. The molecule has 1 aromatic rings. The third-order valence-corrected chi connectivity index (χ3v) is 1.87. The maximum atomic E-state index is 11.2. The number of urea groups is 1. The van der Waals surface area contributed by atoms with Gasteiger partial charge in [0, 0.05) is 5.03 Å². The predicted octanol–water partition coefficient (Wildman–Crippen LogP) is 1.53. The molecule has 0 aromatic carbocycles. The van der Waals surface area contributed by atoms with Gasteiger partial charge in [0.2, 0.25) is 5.76 Å². The lowest BCUT2D eigenvalue weighted by molar-refractivity contribution is 0.0660. The van der Waals surface area contributed by atoms with Crippen LogP contribution in [0.3, 0.4) is 0 Å². The summed E-state index contributed by atoms with van der Waals surface area (Å²) < 4.78 is 4.94. The number of halogens is 1. The monoisotopic (exact) mass is 258 g/mol. The van der Waals surface area contributed by atoms with Crippen LogP contribution in [-0.4, -0.2) is 23.7 Å². The number of rotatable bonds is 5. The standard InChI is InChI=1S/C10H11ClN2O4/c1-6(11)4-12-10(16)13-5-7-2-3-8(17-7)9(14)15/h2-3H,1,4-5H2,(H,14,15)(H2,12,13,16). The van der Waals surface area contributed by atoms with E-state index >= 15 is 0 Å². The second-order valence-electron chi connectivity index (χ2n) is 3.12. The van der Waals surface area contributed by atoms with Gasteiger partial charge in [-0.05, 0) is 12.1 Å². The Hall–Kier alpha value is -1.95. The maximum Gasteiger partial charge on any atom is 0.371 e. The molecule has 0 aliphatic heterocycles. The topological polar surface area (TPSA) is 91.6 Å². The third-order valence-electron chi connectivity index (χ3n) is 1.74. The van der Waals surface area contributed by atoms with E-state index in [1.165, 1.54) is 12.1 Å². The van der Waals surface area contributed by atoms with Crippen LogP contribution in [-0.2, 0) is 6.54 Å². The van der Waals surface area contributed by atoms with Crippen molar-refractivity contribution in [2.45, 2.75) is 6.54 Å². The lowest BCUT2D eigenvalue weighted by atomic mass is 10.4. The van der Waals surface area contributed by atoms with Crippen LogP contribution in [0, 0.1) is 0 Å². The van der Waals surface area contributed by atoms with Gasteiger partial charge in [-0.2, -0.15) is 0 Å². The Morgan fingerprint density at radius 3 is 2.65 bits per heavy atom. The number of aromatic carboxylic acids is 1. The van der Waals surface area contributed by atoms with Gasteiger partial charge in [0.05, 0.1) is 13.1 Å². The molecule has 0 aliphatic carbocycles. The fraction of sp³-hybridized carbons (Fsp3) is 0.200. The second-order valence-corrected chi connectivity index (χ2v) is 3.66. The van der Waals surface area contributed by atoms with Crippen molar-refractivity contribution in [3.8, 4) is 0 Å². The molecule has 2 amide bonds. The lowest BCUT2D eigenvalue weighted by Gasteiger charge is -2.04. The molecule has 3 N–H and O–H groups in total. The summed E-state index contributed by atoms with van der Waals surface area (Å²) in [5, 5.41) is 13.8. The van der Waals surface area contributed by atoms with Gasteiger partial charge >= 0.3 is 12.0 Å². The van der Waals surface area contributed by atoms with Crippen molar-refractivity contribution >= 4 is 23.6 Å². The van der Waals surface area contributed by atoms with Gasteiger partial charge in [-0.25, -0.2) is 9.59 Å². The highest BCUT2D eigenvalue weighted by Crippen LogP contribution is 2.07. The number of nitrogens with one attached hydrogen (secondary N) is 2. The molecule has 0 unspecified atom stereocenters. The zero-order valence-corrected chi connectivity index (χ0v) is 9.58. The van der Waals surface area contributed by atoms with Gasteiger partial charge in [-0.15, -0.1) is 0 Å². The molecule has 1 aromatic heterocycles. The van der Waals surface area contributed by atoms with E-state index in [0.29, 0.717) is 10.8 Å². The van der Waals surface area contributed by atoms with Gasteiger partial charge in [-0.3, -0.25) is 0 Å². The molecule has 0 spiro atoms. The molecule has 0 radical (unpaired) electrons. The van der Waals surface area contributed by atoms with E-state index in [1.807, 2.05) is 0 Å². The molecule has 6 nitrogen and oxygen atoms in total. The van der Waals surface area contributed by atoms with Crippen LogP contribution in [0.25, 0.3) is 0 Å². The van der Waals surface area contributed by atoms with E-state index in [2.05, 4.69) is 17.2 Å². The third kappa shape index (κ3) is 4.60. The number of carboxylic acids is 1. The quantitative estimate of drug-likeness (QED) is 0.747. The number of hydrogen-bond acceptors (Lipinski definition) is 3. The minimum absolute atomic E-state index is 0.0911. The number of furan rings is 1. The van der Waals surface area contributed by atoms with Crippen molar-refractivity contribution in [2.24, 2.45) is 0 Å². The van der Waals surface area contributed by atoms with Gasteiger partial charge in [0.15, 0.2) is 0 Å². The zero-order chi connectivity index (χ0) is 12.8. The second kappa shape index (κ2) is 5.95. The lowest BCUT2D eigenvalue weighted by Crippen LogP contribution is -2.35.